The third kappa shape index (κ3) is 4.63. The molecule has 0 radical (unpaired) electrons. The first-order chi connectivity index (χ1) is 11.0. The monoisotopic (exact) mass is 317 g/mol. The summed E-state index contributed by atoms with van der Waals surface area (Å²) in [6, 6.07) is 11.2. The van der Waals surface area contributed by atoms with Gasteiger partial charge in [-0.25, -0.2) is 4.79 Å². The molecule has 1 aliphatic heterocycles. The summed E-state index contributed by atoms with van der Waals surface area (Å²) in [6.07, 6.45) is 2.02. The van der Waals surface area contributed by atoms with Crippen molar-refractivity contribution in [1.82, 2.24) is 10.2 Å². The highest BCUT2D eigenvalue weighted by atomic mass is 16.2. The number of carbonyl (C=O) groups excluding carboxylic acids is 1. The molecule has 1 aromatic carbocycles. The molecular weight excluding hydrogens is 286 g/mol. The van der Waals surface area contributed by atoms with Gasteiger partial charge in [-0.15, -0.1) is 0 Å². The van der Waals surface area contributed by atoms with Gasteiger partial charge in [0.2, 0.25) is 0 Å². The van der Waals surface area contributed by atoms with Crippen LogP contribution in [0.5, 0.6) is 0 Å². The number of urea groups is 1. The van der Waals surface area contributed by atoms with Crippen molar-refractivity contribution >= 4 is 11.7 Å². The van der Waals surface area contributed by atoms with E-state index in [9.17, 15) is 4.79 Å². The molecule has 1 N–H and O–H groups in total. The number of hydrogen-bond acceptors (Lipinski definition) is 2. The van der Waals surface area contributed by atoms with Gasteiger partial charge in [0.15, 0.2) is 0 Å². The van der Waals surface area contributed by atoms with Crippen LogP contribution in [0.3, 0.4) is 0 Å². The second kappa shape index (κ2) is 8.23. The predicted octanol–water partition coefficient (Wildman–Crippen LogP) is 3.73. The molecule has 2 rings (SSSR count). The van der Waals surface area contributed by atoms with Crippen molar-refractivity contribution in [3.05, 3.63) is 30.3 Å². The highest BCUT2D eigenvalue weighted by molar-refractivity contribution is 5.75. The Kier molecular flexibility index (Phi) is 6.31. The number of anilines is 1. The van der Waals surface area contributed by atoms with E-state index < -0.39 is 0 Å². The molecule has 1 atom stereocenters. The molecular formula is C19H31N3O. The van der Waals surface area contributed by atoms with E-state index in [0.717, 1.165) is 32.5 Å². The Morgan fingerprint density at radius 3 is 2.35 bits per heavy atom. The van der Waals surface area contributed by atoms with Crippen LogP contribution >= 0.6 is 0 Å². The molecule has 1 aromatic rings. The SMILES string of the molecule is CCN(C(=O)NC1CCN(c2ccccc2)CC1)C(C)C(C)C. The number of rotatable bonds is 5. The first-order valence-electron chi connectivity index (χ1n) is 8.90. The van der Waals surface area contributed by atoms with Gasteiger partial charge in [0.25, 0.3) is 0 Å². The summed E-state index contributed by atoms with van der Waals surface area (Å²) in [7, 11) is 0. The summed E-state index contributed by atoms with van der Waals surface area (Å²) < 4.78 is 0. The average Bonchev–Trinajstić information content (AvgIpc) is 2.56. The molecule has 2 amide bonds. The number of hydrogen-bond donors (Lipinski definition) is 1. The van der Waals surface area contributed by atoms with Crippen LogP contribution in [0.25, 0.3) is 0 Å². The van der Waals surface area contributed by atoms with Crippen molar-refractivity contribution in [3.8, 4) is 0 Å². The Bertz CT molecular complexity index is 481. The normalized spacial score (nSPS) is 17.2. The Morgan fingerprint density at radius 1 is 1.22 bits per heavy atom. The van der Waals surface area contributed by atoms with Crippen molar-refractivity contribution in [2.45, 2.75) is 52.6 Å². The topological polar surface area (TPSA) is 35.6 Å². The minimum absolute atomic E-state index is 0.0897. The minimum Gasteiger partial charge on any atom is -0.371 e. The molecule has 1 saturated heterocycles. The molecule has 1 fully saturated rings. The van der Waals surface area contributed by atoms with Crippen molar-refractivity contribution in [2.24, 2.45) is 5.92 Å². The number of carbonyl (C=O) groups is 1. The van der Waals surface area contributed by atoms with E-state index in [1.165, 1.54) is 5.69 Å². The minimum atomic E-state index is 0.0897. The number of nitrogens with zero attached hydrogens (tertiary/aromatic N) is 2. The smallest absolute Gasteiger partial charge is 0.317 e. The lowest BCUT2D eigenvalue weighted by molar-refractivity contribution is 0.161. The van der Waals surface area contributed by atoms with E-state index in [-0.39, 0.29) is 18.1 Å². The molecule has 1 heterocycles. The van der Waals surface area contributed by atoms with E-state index in [0.29, 0.717) is 5.92 Å². The maximum atomic E-state index is 12.5. The summed E-state index contributed by atoms with van der Waals surface area (Å²) in [6.45, 7) is 11.3. The first kappa shape index (κ1) is 17.6. The summed E-state index contributed by atoms with van der Waals surface area (Å²) in [4.78, 5) is 16.9. The van der Waals surface area contributed by atoms with Gasteiger partial charge in [0.1, 0.15) is 0 Å². The molecule has 0 aliphatic carbocycles. The zero-order valence-corrected chi connectivity index (χ0v) is 15.0. The number of amides is 2. The van der Waals surface area contributed by atoms with Crippen LogP contribution in [0.2, 0.25) is 0 Å². The summed E-state index contributed by atoms with van der Waals surface area (Å²) >= 11 is 0. The van der Waals surface area contributed by atoms with E-state index >= 15 is 0 Å². The maximum Gasteiger partial charge on any atom is 0.317 e. The number of nitrogens with one attached hydrogen (secondary N) is 1. The molecule has 0 bridgehead atoms. The Morgan fingerprint density at radius 2 is 1.83 bits per heavy atom. The largest absolute Gasteiger partial charge is 0.371 e. The van der Waals surface area contributed by atoms with E-state index in [1.54, 1.807) is 0 Å². The van der Waals surface area contributed by atoms with Crippen molar-refractivity contribution < 1.29 is 4.79 Å². The lowest BCUT2D eigenvalue weighted by Crippen LogP contribution is -2.52. The van der Waals surface area contributed by atoms with Gasteiger partial charge in [0.05, 0.1) is 0 Å². The van der Waals surface area contributed by atoms with Crippen LogP contribution in [-0.2, 0) is 0 Å². The van der Waals surface area contributed by atoms with Gasteiger partial charge in [-0.3, -0.25) is 0 Å². The predicted molar refractivity (Wildman–Crippen MR) is 96.9 cm³/mol. The van der Waals surface area contributed by atoms with Crippen LogP contribution in [0.15, 0.2) is 30.3 Å². The molecule has 128 valence electrons. The van der Waals surface area contributed by atoms with Gasteiger partial charge >= 0.3 is 6.03 Å². The lowest BCUT2D eigenvalue weighted by Gasteiger charge is -2.36. The number of piperidine rings is 1. The summed E-state index contributed by atoms with van der Waals surface area (Å²) in [5.41, 5.74) is 1.28. The highest BCUT2D eigenvalue weighted by Crippen LogP contribution is 2.20. The number of benzene rings is 1. The molecule has 0 spiro atoms. The molecule has 4 heteroatoms. The van der Waals surface area contributed by atoms with Crippen molar-refractivity contribution in [1.29, 1.82) is 0 Å². The summed E-state index contributed by atoms with van der Waals surface area (Å²) in [5.74, 6) is 0.473. The number of para-hydroxylation sites is 1. The van der Waals surface area contributed by atoms with Crippen LogP contribution in [0.1, 0.15) is 40.5 Å². The average molecular weight is 317 g/mol. The second-order valence-corrected chi connectivity index (χ2v) is 6.82. The quantitative estimate of drug-likeness (QED) is 0.898. The fourth-order valence-electron chi connectivity index (χ4n) is 3.15. The first-order valence-corrected chi connectivity index (χ1v) is 8.90. The fourth-order valence-corrected chi connectivity index (χ4v) is 3.15. The van der Waals surface area contributed by atoms with Crippen LogP contribution in [0, 0.1) is 5.92 Å². The van der Waals surface area contributed by atoms with Crippen LogP contribution in [0.4, 0.5) is 10.5 Å². The zero-order chi connectivity index (χ0) is 16.8. The van der Waals surface area contributed by atoms with E-state index in [4.69, 9.17) is 0 Å². The Hall–Kier alpha value is -1.71. The molecule has 0 aromatic heterocycles. The van der Waals surface area contributed by atoms with E-state index in [1.807, 2.05) is 11.0 Å². The van der Waals surface area contributed by atoms with Crippen molar-refractivity contribution in [3.63, 3.8) is 0 Å². The third-order valence-electron chi connectivity index (χ3n) is 5.00. The lowest BCUT2D eigenvalue weighted by atomic mass is 10.0. The maximum absolute atomic E-state index is 12.5. The molecule has 23 heavy (non-hydrogen) atoms. The zero-order valence-electron chi connectivity index (χ0n) is 15.0. The van der Waals surface area contributed by atoms with Crippen LogP contribution < -0.4 is 10.2 Å². The molecule has 0 saturated carbocycles. The third-order valence-corrected chi connectivity index (χ3v) is 5.00. The van der Waals surface area contributed by atoms with E-state index in [2.05, 4.69) is 62.2 Å². The Labute approximate surface area is 140 Å². The van der Waals surface area contributed by atoms with Gasteiger partial charge < -0.3 is 15.1 Å². The molecule has 1 unspecified atom stereocenters. The van der Waals surface area contributed by atoms with Gasteiger partial charge in [-0.05, 0) is 44.7 Å². The Balaban J connectivity index is 1.85. The van der Waals surface area contributed by atoms with Gasteiger partial charge in [0, 0.05) is 37.4 Å². The second-order valence-electron chi connectivity index (χ2n) is 6.82. The van der Waals surface area contributed by atoms with Gasteiger partial charge in [-0.1, -0.05) is 32.0 Å². The van der Waals surface area contributed by atoms with Crippen molar-refractivity contribution in [2.75, 3.05) is 24.5 Å². The highest BCUT2D eigenvalue weighted by Gasteiger charge is 2.25. The summed E-state index contributed by atoms with van der Waals surface area (Å²) in [5, 5.41) is 3.24. The fraction of sp³-hybridized carbons (Fsp3) is 0.632. The molecule has 4 nitrogen and oxygen atoms in total. The molecule has 1 aliphatic rings. The standard InChI is InChI=1S/C19H31N3O/c1-5-22(16(4)15(2)3)19(23)20-17-11-13-21(14-12-17)18-9-7-6-8-10-18/h6-10,15-17H,5,11-14H2,1-4H3,(H,20,23). The van der Waals surface area contributed by atoms with Gasteiger partial charge in [-0.2, -0.15) is 0 Å². The van der Waals surface area contributed by atoms with Crippen LogP contribution in [-0.4, -0.2) is 42.6 Å².